The van der Waals surface area contributed by atoms with E-state index in [1.165, 1.54) is 6.42 Å². The zero-order chi connectivity index (χ0) is 24.1. The highest BCUT2D eigenvalue weighted by Gasteiger charge is 2.34. The first kappa shape index (κ1) is 24.0. The number of nitrogens with one attached hydrogen (secondary N) is 2. The fraction of sp³-hybridized carbons (Fsp3) is 0.333. The third kappa shape index (κ3) is 5.68. The van der Waals surface area contributed by atoms with Crippen LogP contribution in [0.4, 0.5) is 4.79 Å². The fourth-order valence-electron chi connectivity index (χ4n) is 3.83. The molecule has 4 rings (SSSR count). The molecule has 0 spiro atoms. The zero-order valence-corrected chi connectivity index (χ0v) is 20.3. The van der Waals surface area contributed by atoms with E-state index < -0.39 is 11.9 Å². The van der Waals surface area contributed by atoms with Crippen molar-refractivity contribution in [3.63, 3.8) is 0 Å². The molecule has 178 valence electrons. The van der Waals surface area contributed by atoms with Gasteiger partial charge >= 0.3 is 12.0 Å². The molecule has 0 bridgehead atoms. The molecule has 1 saturated heterocycles. The van der Waals surface area contributed by atoms with Crippen LogP contribution in [0.3, 0.4) is 0 Å². The first-order valence-corrected chi connectivity index (χ1v) is 12.4. The fourth-order valence-corrected chi connectivity index (χ4v) is 4.99. The van der Waals surface area contributed by atoms with Gasteiger partial charge in [0.1, 0.15) is 11.5 Å². The number of ether oxygens (including phenoxy) is 1. The van der Waals surface area contributed by atoms with Gasteiger partial charge in [-0.15, -0.1) is 0 Å². The molecule has 3 amide bonds. The number of carbonyl (C=O) groups excluding carboxylic acids is 3. The van der Waals surface area contributed by atoms with Crippen molar-refractivity contribution in [2.75, 3.05) is 6.61 Å². The Balaban J connectivity index is 1.39. The molecule has 1 aromatic heterocycles. The molecular formula is C24H25N3O5S2. The monoisotopic (exact) mass is 499 g/mol. The average molecular weight is 500 g/mol. The summed E-state index contributed by atoms with van der Waals surface area (Å²) < 4.78 is 11.1. The maximum absolute atomic E-state index is 12.8. The third-order valence-corrected chi connectivity index (χ3v) is 6.83. The van der Waals surface area contributed by atoms with Crippen molar-refractivity contribution in [1.82, 2.24) is 15.8 Å². The molecule has 1 aliphatic carbocycles. The summed E-state index contributed by atoms with van der Waals surface area (Å²) in [7, 11) is 0. The van der Waals surface area contributed by atoms with Gasteiger partial charge in [-0.2, -0.15) is 5.01 Å². The molecule has 1 aromatic carbocycles. The molecule has 2 aromatic rings. The topological polar surface area (TPSA) is 101 Å². The molecule has 8 nitrogen and oxygen atoms in total. The number of benzene rings is 1. The van der Waals surface area contributed by atoms with E-state index in [9.17, 15) is 14.4 Å². The second kappa shape index (κ2) is 10.9. The summed E-state index contributed by atoms with van der Waals surface area (Å²) in [5.41, 5.74) is 3.80. The average Bonchev–Trinajstić information content (AvgIpc) is 3.40. The van der Waals surface area contributed by atoms with Crippen molar-refractivity contribution in [3.05, 3.63) is 52.6 Å². The quantitative estimate of drug-likeness (QED) is 0.332. The van der Waals surface area contributed by atoms with Gasteiger partial charge < -0.3 is 14.5 Å². The van der Waals surface area contributed by atoms with E-state index in [0.717, 1.165) is 48.0 Å². The Labute approximate surface area is 207 Å². The van der Waals surface area contributed by atoms with Crippen LogP contribution in [0.1, 0.15) is 55.1 Å². The SMILES string of the molecule is CCOC(=O)c1ccc(-c2ccc(/C=C3\SC(=S)N(NC(=O)NC4CCCCC4)C3=O)o2)cc1. The van der Waals surface area contributed by atoms with Gasteiger partial charge in [0.2, 0.25) is 0 Å². The van der Waals surface area contributed by atoms with Crippen LogP contribution in [0.25, 0.3) is 17.4 Å². The number of furan rings is 1. The predicted molar refractivity (Wildman–Crippen MR) is 134 cm³/mol. The van der Waals surface area contributed by atoms with E-state index in [4.69, 9.17) is 21.4 Å². The second-order valence-corrected chi connectivity index (χ2v) is 9.61. The highest BCUT2D eigenvalue weighted by Crippen LogP contribution is 2.32. The van der Waals surface area contributed by atoms with Crippen LogP contribution < -0.4 is 10.7 Å². The van der Waals surface area contributed by atoms with Gasteiger partial charge in [-0.05, 0) is 56.2 Å². The standard InChI is InChI=1S/C24H25N3O5S2/c1-2-31-22(29)16-10-8-15(9-11-16)19-13-12-18(32-19)14-20-21(28)27(24(33)34-20)26-23(30)25-17-6-4-3-5-7-17/h8-14,17H,2-7H2,1H3,(H2,25,26,30)/b20-14-. The van der Waals surface area contributed by atoms with Crippen molar-refractivity contribution in [1.29, 1.82) is 0 Å². The summed E-state index contributed by atoms with van der Waals surface area (Å²) in [6.45, 7) is 2.07. The number of amides is 3. The van der Waals surface area contributed by atoms with Gasteiger partial charge in [0.15, 0.2) is 4.32 Å². The minimum atomic E-state index is -0.434. The van der Waals surface area contributed by atoms with Crippen molar-refractivity contribution >= 4 is 52.3 Å². The molecule has 1 aliphatic heterocycles. The Morgan fingerprint density at radius 2 is 1.91 bits per heavy atom. The lowest BCUT2D eigenvalue weighted by Crippen LogP contribution is -2.51. The first-order valence-electron chi connectivity index (χ1n) is 11.2. The molecule has 0 radical (unpaired) electrons. The van der Waals surface area contributed by atoms with Gasteiger partial charge in [0.25, 0.3) is 5.91 Å². The number of nitrogens with zero attached hydrogens (tertiary/aromatic N) is 1. The van der Waals surface area contributed by atoms with E-state index >= 15 is 0 Å². The Morgan fingerprint density at radius 3 is 2.62 bits per heavy atom. The lowest BCUT2D eigenvalue weighted by molar-refractivity contribution is -0.123. The second-order valence-electron chi connectivity index (χ2n) is 7.94. The number of thiocarbonyl (C=S) groups is 1. The number of urea groups is 1. The third-order valence-electron chi connectivity index (χ3n) is 5.53. The Morgan fingerprint density at radius 1 is 1.18 bits per heavy atom. The number of thioether (sulfide) groups is 1. The van der Waals surface area contributed by atoms with Crippen molar-refractivity contribution in [2.24, 2.45) is 0 Å². The molecule has 1 saturated carbocycles. The van der Waals surface area contributed by atoms with Crippen LogP contribution in [-0.2, 0) is 9.53 Å². The molecule has 0 atom stereocenters. The number of rotatable bonds is 6. The number of carbonyl (C=O) groups is 3. The summed E-state index contributed by atoms with van der Waals surface area (Å²) in [5.74, 6) is 0.265. The van der Waals surface area contributed by atoms with Crippen LogP contribution in [0.5, 0.6) is 0 Å². The first-order chi connectivity index (χ1) is 16.4. The zero-order valence-electron chi connectivity index (χ0n) is 18.7. The number of hydrazine groups is 1. The highest BCUT2D eigenvalue weighted by molar-refractivity contribution is 8.26. The molecular weight excluding hydrogens is 474 g/mol. The molecule has 2 fully saturated rings. The van der Waals surface area contributed by atoms with Gasteiger partial charge in [-0.25, -0.2) is 15.0 Å². The maximum Gasteiger partial charge on any atom is 0.338 e. The molecule has 2 aliphatic rings. The van der Waals surface area contributed by atoms with E-state index in [1.807, 2.05) is 0 Å². The van der Waals surface area contributed by atoms with Crippen LogP contribution in [-0.4, -0.2) is 39.9 Å². The van der Waals surface area contributed by atoms with Crippen LogP contribution >= 0.6 is 24.0 Å². The normalized spacial score (nSPS) is 17.8. The predicted octanol–water partition coefficient (Wildman–Crippen LogP) is 4.87. The summed E-state index contributed by atoms with van der Waals surface area (Å²) in [6.07, 6.45) is 6.85. The minimum absolute atomic E-state index is 0.121. The molecule has 2 N–H and O–H groups in total. The summed E-state index contributed by atoms with van der Waals surface area (Å²) in [5, 5.41) is 4.00. The van der Waals surface area contributed by atoms with Crippen molar-refractivity contribution < 1.29 is 23.5 Å². The Kier molecular flexibility index (Phi) is 7.69. The molecule has 34 heavy (non-hydrogen) atoms. The molecule has 2 heterocycles. The van der Waals surface area contributed by atoms with Crippen molar-refractivity contribution in [2.45, 2.75) is 45.1 Å². The van der Waals surface area contributed by atoms with E-state index in [-0.39, 0.29) is 16.3 Å². The van der Waals surface area contributed by atoms with E-state index in [2.05, 4.69) is 10.7 Å². The van der Waals surface area contributed by atoms with E-state index in [1.54, 1.807) is 49.4 Å². The maximum atomic E-state index is 12.8. The Bertz CT molecular complexity index is 1120. The lowest BCUT2D eigenvalue weighted by Gasteiger charge is -2.24. The smallest absolute Gasteiger partial charge is 0.338 e. The van der Waals surface area contributed by atoms with Crippen LogP contribution in [0, 0.1) is 0 Å². The minimum Gasteiger partial charge on any atom is -0.462 e. The highest BCUT2D eigenvalue weighted by atomic mass is 32.2. The summed E-state index contributed by atoms with van der Waals surface area (Å²) in [6, 6.07) is 10.1. The number of hydrogen-bond donors (Lipinski definition) is 2. The van der Waals surface area contributed by atoms with Crippen molar-refractivity contribution in [3.8, 4) is 11.3 Å². The lowest BCUT2D eigenvalue weighted by atomic mass is 9.96. The van der Waals surface area contributed by atoms with E-state index in [0.29, 0.717) is 28.6 Å². The molecule has 0 unspecified atom stereocenters. The van der Waals surface area contributed by atoms with Gasteiger partial charge in [-0.3, -0.25) is 4.79 Å². The number of hydrogen-bond acceptors (Lipinski definition) is 7. The van der Waals surface area contributed by atoms with Gasteiger partial charge in [0.05, 0.1) is 17.1 Å². The summed E-state index contributed by atoms with van der Waals surface area (Å²) in [4.78, 5) is 37.3. The van der Waals surface area contributed by atoms with Crippen LogP contribution in [0.15, 0.2) is 45.7 Å². The number of esters is 1. The summed E-state index contributed by atoms with van der Waals surface area (Å²) >= 11 is 6.38. The molecule has 10 heteroatoms. The largest absolute Gasteiger partial charge is 0.462 e. The Hall–Kier alpha value is -3.11. The van der Waals surface area contributed by atoms with Gasteiger partial charge in [-0.1, -0.05) is 43.2 Å². The van der Waals surface area contributed by atoms with Gasteiger partial charge in [0, 0.05) is 17.7 Å². The van der Waals surface area contributed by atoms with Crippen LogP contribution in [0.2, 0.25) is 0 Å².